The van der Waals surface area contributed by atoms with E-state index in [1.165, 1.54) is 16.8 Å². The highest BCUT2D eigenvalue weighted by Gasteiger charge is 2.31. The maximum Gasteiger partial charge on any atom is 0.416 e. The van der Waals surface area contributed by atoms with Crippen molar-refractivity contribution in [1.29, 1.82) is 0 Å². The Hall–Kier alpha value is -3.76. The van der Waals surface area contributed by atoms with Crippen LogP contribution in [0.5, 0.6) is 0 Å². The number of rotatable bonds is 5. The summed E-state index contributed by atoms with van der Waals surface area (Å²) in [6.45, 7) is 3.19. The van der Waals surface area contributed by atoms with Crippen LogP contribution >= 0.6 is 0 Å². The lowest BCUT2D eigenvalue weighted by Crippen LogP contribution is -2.16. The number of hydrogen-bond acceptors (Lipinski definition) is 4. The molecule has 31 heavy (non-hydrogen) atoms. The van der Waals surface area contributed by atoms with Gasteiger partial charge in [0.2, 0.25) is 5.91 Å². The van der Waals surface area contributed by atoms with Gasteiger partial charge in [0.25, 0.3) is 5.69 Å². The zero-order valence-corrected chi connectivity index (χ0v) is 16.3. The lowest BCUT2D eigenvalue weighted by atomic mass is 10.1. The van der Waals surface area contributed by atoms with Crippen molar-refractivity contribution in [3.05, 3.63) is 80.9 Å². The van der Waals surface area contributed by atoms with Crippen LogP contribution in [0.25, 0.3) is 5.69 Å². The average Bonchev–Trinajstić information content (AvgIpc) is 2.97. The molecule has 1 amide bonds. The van der Waals surface area contributed by atoms with Gasteiger partial charge in [-0.05, 0) is 38.1 Å². The number of aromatic nitrogens is 2. The molecular formula is C20H16F4N4O3. The minimum Gasteiger partial charge on any atom is -0.323 e. The number of aryl methyl sites for hydroxylation is 1. The van der Waals surface area contributed by atoms with Gasteiger partial charge in [0.05, 0.1) is 34.0 Å². The molecule has 0 spiro atoms. The van der Waals surface area contributed by atoms with E-state index in [4.69, 9.17) is 0 Å². The molecule has 0 saturated carbocycles. The predicted molar refractivity (Wildman–Crippen MR) is 103 cm³/mol. The Morgan fingerprint density at radius 2 is 1.90 bits per heavy atom. The first kappa shape index (κ1) is 21.9. The Morgan fingerprint density at radius 3 is 2.55 bits per heavy atom. The van der Waals surface area contributed by atoms with E-state index < -0.39 is 28.4 Å². The van der Waals surface area contributed by atoms with Gasteiger partial charge >= 0.3 is 6.18 Å². The molecule has 0 radical (unpaired) electrons. The molecule has 0 saturated heterocycles. The number of halogens is 4. The van der Waals surface area contributed by atoms with Gasteiger partial charge in [-0.3, -0.25) is 14.9 Å². The van der Waals surface area contributed by atoms with Gasteiger partial charge < -0.3 is 5.32 Å². The Kier molecular flexibility index (Phi) is 5.78. The van der Waals surface area contributed by atoms with Crippen molar-refractivity contribution in [1.82, 2.24) is 9.78 Å². The molecule has 3 aromatic rings. The summed E-state index contributed by atoms with van der Waals surface area (Å²) < 4.78 is 54.2. The molecule has 162 valence electrons. The van der Waals surface area contributed by atoms with Crippen molar-refractivity contribution < 1.29 is 27.3 Å². The molecule has 1 N–H and O–H groups in total. The molecule has 2 aromatic carbocycles. The van der Waals surface area contributed by atoms with Crippen molar-refractivity contribution in [2.24, 2.45) is 0 Å². The number of hydrogen-bond donors (Lipinski definition) is 1. The molecule has 3 rings (SSSR count). The van der Waals surface area contributed by atoms with E-state index >= 15 is 0 Å². The first-order valence-electron chi connectivity index (χ1n) is 8.94. The fourth-order valence-electron chi connectivity index (χ4n) is 3.07. The van der Waals surface area contributed by atoms with E-state index in [1.54, 1.807) is 13.8 Å². The number of amides is 1. The van der Waals surface area contributed by atoms with Gasteiger partial charge in [-0.2, -0.15) is 18.3 Å². The van der Waals surface area contributed by atoms with Crippen LogP contribution in [-0.2, 0) is 17.4 Å². The van der Waals surface area contributed by atoms with Gasteiger partial charge in [0, 0.05) is 23.4 Å². The second-order valence-electron chi connectivity index (χ2n) is 6.76. The number of anilines is 1. The minimum atomic E-state index is -4.52. The summed E-state index contributed by atoms with van der Waals surface area (Å²) in [7, 11) is 0. The second-order valence-corrected chi connectivity index (χ2v) is 6.76. The van der Waals surface area contributed by atoms with Crippen LogP contribution in [0.2, 0.25) is 0 Å². The molecule has 0 bridgehead atoms. The Balaban J connectivity index is 1.86. The molecule has 0 aliphatic rings. The van der Waals surface area contributed by atoms with Gasteiger partial charge in [-0.25, -0.2) is 9.07 Å². The van der Waals surface area contributed by atoms with Gasteiger partial charge in [-0.1, -0.05) is 6.07 Å². The first-order valence-corrected chi connectivity index (χ1v) is 8.94. The molecule has 1 heterocycles. The minimum absolute atomic E-state index is 0.173. The number of non-ortho nitro benzene ring substituents is 1. The van der Waals surface area contributed by atoms with Crippen LogP contribution in [0.1, 0.15) is 22.5 Å². The van der Waals surface area contributed by atoms with Gasteiger partial charge in [0.1, 0.15) is 5.82 Å². The zero-order chi connectivity index (χ0) is 22.9. The van der Waals surface area contributed by atoms with Gasteiger partial charge in [0.15, 0.2) is 0 Å². The van der Waals surface area contributed by atoms with Crippen LogP contribution in [0.3, 0.4) is 0 Å². The molecule has 0 atom stereocenters. The standard InChI is InChI=1S/C20H16F4N4O3/c1-11-16(10-19(29)25-18-9-15(28(30)31)6-7-17(18)21)12(2)27(26-11)14-5-3-4-13(8-14)20(22,23)24/h3-9H,10H2,1-2H3,(H,25,29). The van der Waals surface area contributed by atoms with Crippen LogP contribution in [0.15, 0.2) is 42.5 Å². The van der Waals surface area contributed by atoms with Crippen molar-refractivity contribution in [3.63, 3.8) is 0 Å². The lowest BCUT2D eigenvalue weighted by Gasteiger charge is -2.10. The fourth-order valence-corrected chi connectivity index (χ4v) is 3.07. The Bertz CT molecular complexity index is 1170. The van der Waals surface area contributed by atoms with Crippen molar-refractivity contribution in [2.75, 3.05) is 5.32 Å². The number of carbonyl (C=O) groups excluding carboxylic acids is 1. The zero-order valence-electron chi connectivity index (χ0n) is 16.3. The molecule has 7 nitrogen and oxygen atoms in total. The van der Waals surface area contributed by atoms with E-state index in [1.807, 2.05) is 0 Å². The summed E-state index contributed by atoms with van der Waals surface area (Å²) >= 11 is 0. The number of nitro benzene ring substituents is 1. The number of benzene rings is 2. The smallest absolute Gasteiger partial charge is 0.323 e. The molecule has 0 fully saturated rings. The fraction of sp³-hybridized carbons (Fsp3) is 0.200. The van der Waals surface area contributed by atoms with E-state index in [2.05, 4.69) is 10.4 Å². The van der Waals surface area contributed by atoms with Crippen LogP contribution in [0, 0.1) is 29.8 Å². The summed E-state index contributed by atoms with van der Waals surface area (Å²) in [6, 6.07) is 7.34. The molecule has 0 aliphatic heterocycles. The SMILES string of the molecule is Cc1nn(-c2cccc(C(F)(F)F)c2)c(C)c1CC(=O)Nc1cc([N+](=O)[O-])ccc1F. The quantitative estimate of drug-likeness (QED) is 0.356. The first-order chi connectivity index (χ1) is 14.5. The van der Waals surface area contributed by atoms with E-state index in [0.717, 1.165) is 30.3 Å². The van der Waals surface area contributed by atoms with E-state index in [9.17, 15) is 32.5 Å². The summed E-state index contributed by atoms with van der Waals surface area (Å²) in [6.07, 6.45) is -4.77. The third kappa shape index (κ3) is 4.71. The molecule has 11 heteroatoms. The third-order valence-corrected chi connectivity index (χ3v) is 4.63. The van der Waals surface area contributed by atoms with Crippen LogP contribution in [-0.4, -0.2) is 20.6 Å². The van der Waals surface area contributed by atoms with Gasteiger partial charge in [-0.15, -0.1) is 0 Å². The Morgan fingerprint density at radius 1 is 1.19 bits per heavy atom. The number of nitro groups is 1. The second kappa shape index (κ2) is 8.17. The maximum absolute atomic E-state index is 13.9. The summed E-state index contributed by atoms with van der Waals surface area (Å²) in [4.78, 5) is 22.5. The molecular weight excluding hydrogens is 420 g/mol. The lowest BCUT2D eigenvalue weighted by molar-refractivity contribution is -0.384. The number of nitrogens with one attached hydrogen (secondary N) is 1. The molecule has 0 aliphatic carbocycles. The summed E-state index contributed by atoms with van der Waals surface area (Å²) in [5.41, 5.74) is -0.108. The highest BCUT2D eigenvalue weighted by molar-refractivity contribution is 5.93. The average molecular weight is 436 g/mol. The maximum atomic E-state index is 13.9. The monoisotopic (exact) mass is 436 g/mol. The van der Waals surface area contributed by atoms with Crippen molar-refractivity contribution >= 4 is 17.3 Å². The van der Waals surface area contributed by atoms with Crippen molar-refractivity contribution in [2.45, 2.75) is 26.4 Å². The van der Waals surface area contributed by atoms with Crippen LogP contribution < -0.4 is 5.32 Å². The van der Waals surface area contributed by atoms with Crippen molar-refractivity contribution in [3.8, 4) is 5.69 Å². The Labute approximate surface area is 173 Å². The summed E-state index contributed by atoms with van der Waals surface area (Å²) in [5, 5.41) is 17.3. The largest absolute Gasteiger partial charge is 0.416 e. The predicted octanol–water partition coefficient (Wildman–Crippen LogP) is 4.74. The number of alkyl halides is 3. The number of nitrogens with zero attached hydrogens (tertiary/aromatic N) is 3. The molecule has 0 unspecified atom stereocenters. The number of carbonyl (C=O) groups is 1. The highest BCUT2D eigenvalue weighted by Crippen LogP contribution is 2.31. The van der Waals surface area contributed by atoms with Crippen LogP contribution in [0.4, 0.5) is 28.9 Å². The molecule has 1 aromatic heterocycles. The normalized spacial score (nSPS) is 11.4. The summed E-state index contributed by atoms with van der Waals surface area (Å²) in [5.74, 6) is -1.50. The topological polar surface area (TPSA) is 90.1 Å². The third-order valence-electron chi connectivity index (χ3n) is 4.63. The van der Waals surface area contributed by atoms with E-state index in [0.29, 0.717) is 17.0 Å². The van der Waals surface area contributed by atoms with E-state index in [-0.39, 0.29) is 23.5 Å². The highest BCUT2D eigenvalue weighted by atomic mass is 19.4.